The number of hydrogen-bond donors (Lipinski definition) is 1. The van der Waals surface area contributed by atoms with Gasteiger partial charge in [0.1, 0.15) is 0 Å². The van der Waals surface area contributed by atoms with Gasteiger partial charge in [-0.3, -0.25) is 0 Å². The van der Waals surface area contributed by atoms with Gasteiger partial charge in [-0.25, -0.2) is 0 Å². The average Bonchev–Trinajstić information content (AvgIpc) is 2.71. The molecule has 0 aliphatic rings. The van der Waals surface area contributed by atoms with Crippen LogP contribution in [0.1, 0.15) is 31.4 Å². The van der Waals surface area contributed by atoms with Crippen LogP contribution < -0.4 is 0 Å². The molecule has 18 heteroatoms. The van der Waals surface area contributed by atoms with Crippen LogP contribution in [0.3, 0.4) is 0 Å². The number of rotatable bonds is 10. The van der Waals surface area contributed by atoms with Gasteiger partial charge >= 0.3 is 47.6 Å². The highest BCUT2D eigenvalue weighted by Crippen LogP contribution is 2.64. The maximum absolute atomic E-state index is 14.2. The summed E-state index contributed by atoms with van der Waals surface area (Å²) in [4.78, 5) is 0. The normalized spacial score (nSPS) is 17.1. The summed E-state index contributed by atoms with van der Waals surface area (Å²) >= 11 is 0. The quantitative estimate of drug-likeness (QED) is 0.279. The van der Waals surface area contributed by atoms with Crippen LogP contribution in [-0.2, 0) is 12.0 Å². The third-order valence-electron chi connectivity index (χ3n) is 5.31. The number of alkyl halides is 17. The van der Waals surface area contributed by atoms with Gasteiger partial charge in [-0.2, -0.15) is 74.6 Å². The minimum absolute atomic E-state index is 0.132. The zero-order chi connectivity index (χ0) is 29.9. The molecule has 1 N–H and O–H groups in total. The summed E-state index contributed by atoms with van der Waals surface area (Å²) in [6, 6.07) is 3.99. The van der Waals surface area contributed by atoms with E-state index in [0.29, 0.717) is 0 Å². The first-order valence-corrected chi connectivity index (χ1v) is 9.53. The Labute approximate surface area is 196 Å². The second-order valence-electron chi connectivity index (χ2n) is 8.15. The molecule has 1 aromatic carbocycles. The number of halogens is 17. The molecule has 1 nitrogen and oxygen atoms in total. The fraction of sp³-hybridized carbons (Fsp3) is 0.684. The predicted molar refractivity (Wildman–Crippen MR) is 90.7 cm³/mol. The average molecular weight is 582 g/mol. The molecule has 0 radical (unpaired) electrons. The van der Waals surface area contributed by atoms with Gasteiger partial charge in [-0.05, 0) is 24.5 Å². The van der Waals surface area contributed by atoms with Gasteiger partial charge < -0.3 is 5.11 Å². The van der Waals surface area contributed by atoms with Gasteiger partial charge in [0.25, 0.3) is 0 Å². The first-order valence-electron chi connectivity index (χ1n) is 9.53. The van der Waals surface area contributed by atoms with E-state index in [2.05, 4.69) is 0 Å². The third-order valence-corrected chi connectivity index (χ3v) is 5.31. The van der Waals surface area contributed by atoms with E-state index in [9.17, 15) is 79.7 Å². The molecule has 0 heterocycles. The van der Waals surface area contributed by atoms with Crippen LogP contribution in [0.15, 0.2) is 24.3 Å². The van der Waals surface area contributed by atoms with E-state index in [1.54, 1.807) is 0 Å². The second-order valence-corrected chi connectivity index (χ2v) is 8.15. The lowest BCUT2D eigenvalue weighted by atomic mass is 9.83. The zero-order valence-electron chi connectivity index (χ0n) is 18.1. The maximum atomic E-state index is 14.2. The van der Waals surface area contributed by atoms with Crippen LogP contribution in [-0.4, -0.2) is 52.7 Å². The zero-order valence-corrected chi connectivity index (χ0v) is 18.1. The van der Waals surface area contributed by atoms with Crippen molar-refractivity contribution in [1.29, 1.82) is 0 Å². The van der Waals surface area contributed by atoms with Crippen LogP contribution in [0.5, 0.6) is 0 Å². The number of benzene rings is 1. The van der Waals surface area contributed by atoms with Crippen molar-refractivity contribution >= 4 is 0 Å². The molecule has 0 aromatic heterocycles. The molecule has 0 fully saturated rings. The molecule has 1 unspecified atom stereocenters. The van der Waals surface area contributed by atoms with Crippen molar-refractivity contribution in [2.45, 2.75) is 79.9 Å². The van der Waals surface area contributed by atoms with E-state index in [-0.39, 0.29) is 18.9 Å². The van der Waals surface area contributed by atoms with Crippen LogP contribution in [0.2, 0.25) is 0 Å². The molecular weight excluding hydrogens is 567 g/mol. The molecule has 0 aliphatic carbocycles. The Morgan fingerprint density at radius 1 is 0.595 bits per heavy atom. The minimum atomic E-state index is -8.68. The van der Waals surface area contributed by atoms with Gasteiger partial charge in [-0.15, -0.1) is 0 Å². The van der Waals surface area contributed by atoms with Gasteiger partial charge in [0.15, 0.2) is 0 Å². The van der Waals surface area contributed by atoms with Gasteiger partial charge in [0.2, 0.25) is 0 Å². The van der Waals surface area contributed by atoms with Gasteiger partial charge in [0, 0.05) is 0 Å². The lowest BCUT2D eigenvalue weighted by Crippen LogP contribution is -2.74. The summed E-state index contributed by atoms with van der Waals surface area (Å²) in [5, 5.41) is 10.1. The molecule has 0 saturated carbocycles. The van der Waals surface area contributed by atoms with Crippen LogP contribution in [0.4, 0.5) is 74.6 Å². The summed E-state index contributed by atoms with van der Waals surface area (Å²) in [7, 11) is 0. The summed E-state index contributed by atoms with van der Waals surface area (Å²) in [5.74, 6) is -57.0. The standard InChI is InChI=1S/C19H15F17O/c1-3-9-5-4-6-10(7-9)11(2,37)8-12(20,21)13(22,23)14(24,25)15(26,27)16(28,29)17(30,31)18(32,33)19(34,35)36/h4-7,37H,3,8H2,1-2H3. The largest absolute Gasteiger partial charge is 0.460 e. The van der Waals surface area contributed by atoms with Crippen molar-refractivity contribution in [3.8, 4) is 0 Å². The Kier molecular flexibility index (Phi) is 8.06. The first kappa shape index (κ1) is 33.0. The van der Waals surface area contributed by atoms with Crippen molar-refractivity contribution < 1.29 is 79.7 Å². The monoisotopic (exact) mass is 582 g/mol. The lowest BCUT2D eigenvalue weighted by Gasteiger charge is -2.43. The van der Waals surface area contributed by atoms with E-state index in [1.165, 1.54) is 13.0 Å². The fourth-order valence-corrected chi connectivity index (χ4v) is 2.97. The van der Waals surface area contributed by atoms with Crippen molar-refractivity contribution in [3.63, 3.8) is 0 Å². The Morgan fingerprint density at radius 2 is 0.973 bits per heavy atom. The van der Waals surface area contributed by atoms with Gasteiger partial charge in [0.05, 0.1) is 12.0 Å². The molecule has 1 rings (SSSR count). The summed E-state index contributed by atoms with van der Waals surface area (Å²) in [6.45, 7) is 1.74. The summed E-state index contributed by atoms with van der Waals surface area (Å²) < 4.78 is 227. The Bertz CT molecular complexity index is 962. The Morgan fingerprint density at radius 3 is 1.35 bits per heavy atom. The molecular formula is C19H15F17O. The number of aliphatic hydroxyl groups is 1. The molecule has 0 aliphatic heterocycles. The fourth-order valence-electron chi connectivity index (χ4n) is 2.97. The van der Waals surface area contributed by atoms with Gasteiger partial charge in [-0.1, -0.05) is 31.2 Å². The van der Waals surface area contributed by atoms with Crippen molar-refractivity contribution in [1.82, 2.24) is 0 Å². The molecule has 216 valence electrons. The lowest BCUT2D eigenvalue weighted by molar-refractivity contribution is -0.462. The van der Waals surface area contributed by atoms with E-state index in [0.717, 1.165) is 18.2 Å². The Balaban J connectivity index is 3.61. The molecule has 37 heavy (non-hydrogen) atoms. The van der Waals surface area contributed by atoms with Crippen LogP contribution in [0, 0.1) is 0 Å². The highest BCUT2D eigenvalue weighted by Gasteiger charge is 2.95. The molecule has 0 bridgehead atoms. The maximum Gasteiger partial charge on any atom is 0.460 e. The smallest absolute Gasteiger partial charge is 0.385 e. The molecule has 1 atom stereocenters. The van der Waals surface area contributed by atoms with E-state index < -0.39 is 65.2 Å². The molecule has 0 spiro atoms. The molecule has 1 aromatic rings. The summed E-state index contributed by atoms with van der Waals surface area (Å²) in [6.07, 6.45) is -10.6. The number of aryl methyl sites for hydroxylation is 1. The highest BCUT2D eigenvalue weighted by molar-refractivity contribution is 5.28. The Hall–Kier alpha value is -2.01. The summed E-state index contributed by atoms with van der Waals surface area (Å²) in [5.41, 5.74) is -3.78. The SMILES string of the molecule is CCc1cccc(C(C)(O)CC(F)(F)C(F)(F)C(F)(F)C(F)(F)C(F)(F)C(F)(F)C(F)(F)C(F)(F)F)c1. The van der Waals surface area contributed by atoms with E-state index >= 15 is 0 Å². The molecule has 0 saturated heterocycles. The van der Waals surface area contributed by atoms with Crippen molar-refractivity contribution in [2.24, 2.45) is 0 Å². The number of hydrogen-bond acceptors (Lipinski definition) is 1. The van der Waals surface area contributed by atoms with Crippen molar-refractivity contribution in [2.75, 3.05) is 0 Å². The minimum Gasteiger partial charge on any atom is -0.385 e. The van der Waals surface area contributed by atoms with Crippen LogP contribution >= 0.6 is 0 Å². The van der Waals surface area contributed by atoms with E-state index in [1.807, 2.05) is 0 Å². The first-order chi connectivity index (χ1) is 16.0. The highest BCUT2D eigenvalue weighted by atomic mass is 19.4. The van der Waals surface area contributed by atoms with Crippen LogP contribution in [0.25, 0.3) is 0 Å². The predicted octanol–water partition coefficient (Wildman–Crippen LogP) is 7.86. The van der Waals surface area contributed by atoms with Crippen molar-refractivity contribution in [3.05, 3.63) is 35.4 Å². The second kappa shape index (κ2) is 9.03. The topological polar surface area (TPSA) is 20.2 Å². The third kappa shape index (κ3) is 4.82. The van der Waals surface area contributed by atoms with E-state index in [4.69, 9.17) is 0 Å². The molecule has 0 amide bonds.